The highest BCUT2D eigenvalue weighted by Gasteiger charge is 2.27. The highest BCUT2D eigenvalue weighted by molar-refractivity contribution is 5.90. The number of aromatic amines is 1. The van der Waals surface area contributed by atoms with Crippen molar-refractivity contribution in [1.29, 1.82) is 0 Å². The van der Waals surface area contributed by atoms with E-state index < -0.39 is 5.91 Å². The monoisotopic (exact) mass is 236 g/mol. The van der Waals surface area contributed by atoms with Crippen LogP contribution in [0.1, 0.15) is 48.4 Å². The summed E-state index contributed by atoms with van der Waals surface area (Å²) in [5, 5.41) is 6.64. The molecule has 0 unspecified atom stereocenters. The number of primary amides is 1. The van der Waals surface area contributed by atoms with Gasteiger partial charge in [0.25, 0.3) is 5.91 Å². The van der Waals surface area contributed by atoms with Gasteiger partial charge in [0, 0.05) is 13.5 Å². The summed E-state index contributed by atoms with van der Waals surface area (Å²) in [6.07, 6.45) is 2.98. The van der Waals surface area contributed by atoms with E-state index in [1.54, 1.807) is 13.0 Å². The molecular formula is C11H16N4O2. The lowest BCUT2D eigenvalue weighted by Gasteiger charge is -2.34. The van der Waals surface area contributed by atoms with Gasteiger partial charge in [0.15, 0.2) is 0 Å². The Balaban J connectivity index is 2.23. The lowest BCUT2D eigenvalue weighted by atomic mass is 9.99. The van der Waals surface area contributed by atoms with Crippen molar-refractivity contribution in [3.05, 3.63) is 17.5 Å². The van der Waals surface area contributed by atoms with E-state index in [0.717, 1.165) is 31.5 Å². The quantitative estimate of drug-likeness (QED) is 0.786. The minimum atomic E-state index is -0.558. The molecule has 2 rings (SSSR count). The highest BCUT2D eigenvalue weighted by atomic mass is 16.2. The molecule has 2 heterocycles. The second kappa shape index (κ2) is 4.57. The van der Waals surface area contributed by atoms with Gasteiger partial charge in [-0.15, -0.1) is 0 Å². The van der Waals surface area contributed by atoms with Crippen LogP contribution >= 0.6 is 0 Å². The van der Waals surface area contributed by atoms with Crippen LogP contribution in [0.4, 0.5) is 0 Å². The third kappa shape index (κ3) is 2.30. The van der Waals surface area contributed by atoms with Crippen LogP contribution < -0.4 is 5.73 Å². The van der Waals surface area contributed by atoms with Crippen LogP contribution in [0.2, 0.25) is 0 Å². The minimum absolute atomic E-state index is 0.0122. The lowest BCUT2D eigenvalue weighted by Crippen LogP contribution is -2.37. The second-order valence-corrected chi connectivity index (χ2v) is 4.30. The largest absolute Gasteiger partial charge is 0.364 e. The van der Waals surface area contributed by atoms with Gasteiger partial charge in [0.1, 0.15) is 5.69 Å². The summed E-state index contributed by atoms with van der Waals surface area (Å²) >= 11 is 0. The Kier molecular flexibility index (Phi) is 3.12. The summed E-state index contributed by atoms with van der Waals surface area (Å²) in [7, 11) is 0. The van der Waals surface area contributed by atoms with Gasteiger partial charge in [-0.1, -0.05) is 0 Å². The van der Waals surface area contributed by atoms with Crippen molar-refractivity contribution in [1.82, 2.24) is 15.1 Å². The third-order valence-corrected chi connectivity index (χ3v) is 3.12. The van der Waals surface area contributed by atoms with Crippen molar-refractivity contribution in [2.75, 3.05) is 6.54 Å². The fraction of sp³-hybridized carbons (Fsp3) is 0.545. The predicted octanol–water partition coefficient (Wildman–Crippen LogP) is 0.582. The van der Waals surface area contributed by atoms with Gasteiger partial charge < -0.3 is 10.6 Å². The molecule has 1 aromatic heterocycles. The average Bonchev–Trinajstić information content (AvgIpc) is 2.78. The van der Waals surface area contributed by atoms with Gasteiger partial charge in [-0.25, -0.2) is 0 Å². The van der Waals surface area contributed by atoms with Crippen LogP contribution in [0.15, 0.2) is 6.07 Å². The first-order valence-corrected chi connectivity index (χ1v) is 5.72. The summed E-state index contributed by atoms with van der Waals surface area (Å²) in [5.74, 6) is -0.511. The van der Waals surface area contributed by atoms with Gasteiger partial charge in [-0.05, 0) is 25.3 Å². The standard InChI is InChI=1S/C11H16N4O2/c1-7(16)15-5-3-2-4-10(15)8-6-9(11(12)17)14-13-8/h6,10H,2-5H2,1H3,(H2,12,17)(H,13,14)/t10-/m0/s1. The average molecular weight is 236 g/mol. The van der Waals surface area contributed by atoms with Gasteiger partial charge in [-0.2, -0.15) is 5.10 Å². The number of likely N-dealkylation sites (tertiary alicyclic amines) is 1. The summed E-state index contributed by atoms with van der Waals surface area (Å²) in [6, 6.07) is 1.62. The molecule has 0 bridgehead atoms. The Hall–Kier alpha value is -1.85. The maximum atomic E-state index is 11.5. The Bertz CT molecular complexity index is 440. The number of hydrogen-bond donors (Lipinski definition) is 2. The molecule has 2 amide bonds. The molecule has 1 atom stereocenters. The molecule has 3 N–H and O–H groups in total. The van der Waals surface area contributed by atoms with E-state index in [9.17, 15) is 9.59 Å². The molecule has 0 saturated carbocycles. The first-order chi connectivity index (χ1) is 8.09. The number of piperidine rings is 1. The molecule has 1 aliphatic rings. The molecule has 0 spiro atoms. The Morgan fingerprint density at radius 3 is 2.88 bits per heavy atom. The van der Waals surface area contributed by atoms with E-state index in [-0.39, 0.29) is 17.6 Å². The number of H-pyrrole nitrogens is 1. The molecule has 0 aliphatic carbocycles. The van der Waals surface area contributed by atoms with Crippen molar-refractivity contribution in [3.8, 4) is 0 Å². The fourth-order valence-corrected chi connectivity index (χ4v) is 2.27. The van der Waals surface area contributed by atoms with E-state index in [1.807, 2.05) is 4.90 Å². The zero-order chi connectivity index (χ0) is 12.4. The van der Waals surface area contributed by atoms with Crippen LogP contribution in [0.3, 0.4) is 0 Å². The molecule has 92 valence electrons. The number of carbonyl (C=O) groups is 2. The first-order valence-electron chi connectivity index (χ1n) is 5.72. The summed E-state index contributed by atoms with van der Waals surface area (Å²) in [4.78, 5) is 24.3. The molecule has 6 nitrogen and oxygen atoms in total. The second-order valence-electron chi connectivity index (χ2n) is 4.30. The van der Waals surface area contributed by atoms with Crippen molar-refractivity contribution < 1.29 is 9.59 Å². The van der Waals surface area contributed by atoms with E-state index in [1.165, 1.54) is 0 Å². The Morgan fingerprint density at radius 2 is 2.29 bits per heavy atom. The molecular weight excluding hydrogens is 220 g/mol. The maximum absolute atomic E-state index is 11.5. The number of nitrogens with one attached hydrogen (secondary N) is 1. The SMILES string of the molecule is CC(=O)N1CCCC[C@H]1c1cc(C(N)=O)n[nH]1. The van der Waals surface area contributed by atoms with E-state index >= 15 is 0 Å². The number of carbonyl (C=O) groups excluding carboxylic acids is 2. The van der Waals surface area contributed by atoms with Crippen molar-refractivity contribution in [3.63, 3.8) is 0 Å². The normalized spacial score (nSPS) is 20.3. The Labute approximate surface area is 99.2 Å². The molecule has 1 aliphatic heterocycles. The van der Waals surface area contributed by atoms with Crippen molar-refractivity contribution in [2.24, 2.45) is 5.73 Å². The molecule has 6 heteroatoms. The van der Waals surface area contributed by atoms with E-state index in [0.29, 0.717) is 0 Å². The number of nitrogens with zero attached hydrogens (tertiary/aromatic N) is 2. The summed E-state index contributed by atoms with van der Waals surface area (Å²) < 4.78 is 0. The predicted molar refractivity (Wildman–Crippen MR) is 61.1 cm³/mol. The van der Waals surface area contributed by atoms with Crippen molar-refractivity contribution in [2.45, 2.75) is 32.2 Å². The first kappa shape index (κ1) is 11.6. The van der Waals surface area contributed by atoms with Gasteiger partial charge in [0.05, 0.1) is 11.7 Å². The van der Waals surface area contributed by atoms with E-state index in [2.05, 4.69) is 10.2 Å². The molecule has 17 heavy (non-hydrogen) atoms. The number of hydrogen-bond acceptors (Lipinski definition) is 3. The summed E-state index contributed by atoms with van der Waals surface area (Å²) in [6.45, 7) is 2.31. The molecule has 1 aromatic rings. The number of nitrogens with two attached hydrogens (primary N) is 1. The molecule has 0 aromatic carbocycles. The zero-order valence-electron chi connectivity index (χ0n) is 9.77. The maximum Gasteiger partial charge on any atom is 0.269 e. The number of amides is 2. The molecule has 1 saturated heterocycles. The molecule has 0 radical (unpaired) electrons. The van der Waals surface area contributed by atoms with Crippen LogP contribution in [-0.4, -0.2) is 33.5 Å². The van der Waals surface area contributed by atoms with Crippen LogP contribution in [0.25, 0.3) is 0 Å². The van der Waals surface area contributed by atoms with Gasteiger partial charge in [-0.3, -0.25) is 14.7 Å². The number of aromatic nitrogens is 2. The van der Waals surface area contributed by atoms with E-state index in [4.69, 9.17) is 5.73 Å². The fourth-order valence-electron chi connectivity index (χ4n) is 2.27. The zero-order valence-corrected chi connectivity index (χ0v) is 9.77. The van der Waals surface area contributed by atoms with Crippen LogP contribution in [-0.2, 0) is 4.79 Å². The van der Waals surface area contributed by atoms with Gasteiger partial charge in [0.2, 0.25) is 5.91 Å². The Morgan fingerprint density at radius 1 is 1.53 bits per heavy atom. The summed E-state index contributed by atoms with van der Waals surface area (Å²) in [5.41, 5.74) is 6.15. The lowest BCUT2D eigenvalue weighted by molar-refractivity contribution is -0.132. The number of rotatable bonds is 2. The molecule has 1 fully saturated rings. The minimum Gasteiger partial charge on any atom is -0.364 e. The van der Waals surface area contributed by atoms with Crippen molar-refractivity contribution >= 4 is 11.8 Å². The highest BCUT2D eigenvalue weighted by Crippen LogP contribution is 2.29. The topological polar surface area (TPSA) is 92.1 Å². The third-order valence-electron chi connectivity index (χ3n) is 3.12. The van der Waals surface area contributed by atoms with Crippen LogP contribution in [0.5, 0.6) is 0 Å². The van der Waals surface area contributed by atoms with Gasteiger partial charge >= 0.3 is 0 Å². The smallest absolute Gasteiger partial charge is 0.269 e. The van der Waals surface area contributed by atoms with Crippen LogP contribution in [0, 0.1) is 0 Å².